The van der Waals surface area contributed by atoms with E-state index in [0.29, 0.717) is 11.6 Å². The molecule has 0 aromatic heterocycles. The van der Waals surface area contributed by atoms with Crippen LogP contribution >= 0.6 is 0 Å². The molecule has 0 saturated carbocycles. The lowest BCUT2D eigenvalue weighted by Crippen LogP contribution is -2.50. The molecule has 18 heavy (non-hydrogen) atoms. The van der Waals surface area contributed by atoms with E-state index in [2.05, 4.69) is 23.8 Å². The molecule has 1 fully saturated rings. The highest BCUT2D eigenvalue weighted by atomic mass is 19.1. The summed E-state index contributed by atoms with van der Waals surface area (Å²) in [7, 11) is 2.11. The molecular weight excluding hydrogens is 231 g/mol. The van der Waals surface area contributed by atoms with E-state index >= 15 is 0 Å². The van der Waals surface area contributed by atoms with E-state index in [1.54, 1.807) is 13.0 Å². The van der Waals surface area contributed by atoms with Crippen LogP contribution in [0.25, 0.3) is 0 Å². The van der Waals surface area contributed by atoms with Crippen molar-refractivity contribution in [2.45, 2.75) is 26.0 Å². The lowest BCUT2D eigenvalue weighted by Gasteiger charge is -2.41. The summed E-state index contributed by atoms with van der Waals surface area (Å²) >= 11 is 0. The summed E-state index contributed by atoms with van der Waals surface area (Å²) < 4.78 is 13.3. The van der Waals surface area contributed by atoms with Crippen LogP contribution in [0.2, 0.25) is 0 Å². The minimum atomic E-state index is -0.650. The molecule has 1 aliphatic rings. The first-order valence-corrected chi connectivity index (χ1v) is 6.41. The Morgan fingerprint density at radius 3 is 2.72 bits per heavy atom. The predicted octanol–water partition coefficient (Wildman–Crippen LogP) is 2.02. The van der Waals surface area contributed by atoms with Crippen LogP contribution in [0, 0.1) is 5.82 Å². The normalized spacial score (nSPS) is 23.2. The fourth-order valence-corrected chi connectivity index (χ4v) is 2.62. The first-order chi connectivity index (χ1) is 8.49. The Labute approximate surface area is 108 Å². The maximum absolute atomic E-state index is 13.3. The van der Waals surface area contributed by atoms with Crippen molar-refractivity contribution in [3.8, 4) is 0 Å². The van der Waals surface area contributed by atoms with Gasteiger partial charge in [0, 0.05) is 36.9 Å². The molecule has 100 valence electrons. The van der Waals surface area contributed by atoms with Crippen LogP contribution in [-0.2, 0) is 0 Å². The number of aliphatic hydroxyl groups excluding tert-OH is 1. The van der Waals surface area contributed by atoms with Gasteiger partial charge in [-0.15, -0.1) is 0 Å². The zero-order valence-corrected chi connectivity index (χ0v) is 11.2. The second-order valence-electron chi connectivity index (χ2n) is 5.18. The van der Waals surface area contributed by atoms with Crippen molar-refractivity contribution in [3.05, 3.63) is 29.6 Å². The molecule has 1 aliphatic heterocycles. The first kappa shape index (κ1) is 13.3. The van der Waals surface area contributed by atoms with E-state index in [0.717, 1.165) is 25.3 Å². The standard InChI is InChI=1S/C14H21FN2O/c1-10-9-16(3)6-7-17(10)14-5-4-12(15)8-13(14)11(2)18/h4-5,8,10-11,18H,6-7,9H2,1-3H3/t10?,11-/m1/s1. The molecule has 1 heterocycles. The molecule has 3 nitrogen and oxygen atoms in total. The van der Waals surface area contributed by atoms with Crippen LogP contribution in [0.1, 0.15) is 25.5 Å². The van der Waals surface area contributed by atoms with Crippen LogP contribution in [0.15, 0.2) is 18.2 Å². The van der Waals surface area contributed by atoms with Crippen LogP contribution < -0.4 is 4.90 Å². The second-order valence-corrected chi connectivity index (χ2v) is 5.18. The number of aliphatic hydroxyl groups is 1. The lowest BCUT2D eigenvalue weighted by atomic mass is 10.0. The number of likely N-dealkylation sites (N-methyl/N-ethyl adjacent to an activating group) is 1. The third-order valence-corrected chi connectivity index (χ3v) is 3.58. The fraction of sp³-hybridized carbons (Fsp3) is 0.571. The molecule has 1 aromatic carbocycles. The van der Waals surface area contributed by atoms with E-state index < -0.39 is 6.10 Å². The highest BCUT2D eigenvalue weighted by Gasteiger charge is 2.24. The Bertz CT molecular complexity index is 422. The number of anilines is 1. The molecular formula is C14H21FN2O. The SMILES string of the molecule is CC1CN(C)CCN1c1ccc(F)cc1[C@@H](C)O. The molecule has 1 N–H and O–H groups in total. The van der Waals surface area contributed by atoms with Crippen molar-refractivity contribution < 1.29 is 9.50 Å². The topological polar surface area (TPSA) is 26.7 Å². The number of hydrogen-bond acceptors (Lipinski definition) is 3. The second kappa shape index (κ2) is 5.24. The lowest BCUT2D eigenvalue weighted by molar-refractivity contribution is 0.198. The van der Waals surface area contributed by atoms with Crippen LogP contribution in [-0.4, -0.2) is 42.7 Å². The summed E-state index contributed by atoms with van der Waals surface area (Å²) in [6, 6.07) is 5.04. The highest BCUT2D eigenvalue weighted by molar-refractivity contribution is 5.56. The first-order valence-electron chi connectivity index (χ1n) is 6.41. The maximum Gasteiger partial charge on any atom is 0.123 e. The summed E-state index contributed by atoms with van der Waals surface area (Å²) in [5.74, 6) is -0.295. The van der Waals surface area contributed by atoms with Gasteiger partial charge in [-0.25, -0.2) is 4.39 Å². The molecule has 0 aliphatic carbocycles. The number of hydrogen-bond donors (Lipinski definition) is 1. The number of piperazine rings is 1. The van der Waals surface area contributed by atoms with E-state index in [1.165, 1.54) is 12.1 Å². The Hall–Kier alpha value is -1.13. The van der Waals surface area contributed by atoms with Gasteiger partial charge in [0.25, 0.3) is 0 Å². The van der Waals surface area contributed by atoms with Gasteiger partial charge < -0.3 is 14.9 Å². The molecule has 2 atom stereocenters. The van der Waals surface area contributed by atoms with Gasteiger partial charge in [0.1, 0.15) is 5.82 Å². The van der Waals surface area contributed by atoms with E-state index in [1.807, 2.05) is 0 Å². The molecule has 1 saturated heterocycles. The highest BCUT2D eigenvalue weighted by Crippen LogP contribution is 2.29. The van der Waals surface area contributed by atoms with Gasteiger partial charge in [-0.2, -0.15) is 0 Å². The Balaban J connectivity index is 2.32. The van der Waals surface area contributed by atoms with Gasteiger partial charge >= 0.3 is 0 Å². The zero-order valence-electron chi connectivity index (χ0n) is 11.2. The van der Waals surface area contributed by atoms with Crippen molar-refractivity contribution >= 4 is 5.69 Å². The molecule has 2 rings (SSSR count). The maximum atomic E-state index is 13.3. The van der Waals surface area contributed by atoms with Gasteiger partial charge in [0.15, 0.2) is 0 Å². The third kappa shape index (κ3) is 2.65. The minimum absolute atomic E-state index is 0.295. The number of nitrogens with zero attached hydrogens (tertiary/aromatic N) is 2. The Morgan fingerprint density at radius 2 is 2.11 bits per heavy atom. The number of benzene rings is 1. The molecule has 0 amide bonds. The quantitative estimate of drug-likeness (QED) is 0.872. The van der Waals surface area contributed by atoms with Crippen LogP contribution in [0.3, 0.4) is 0 Å². The number of rotatable bonds is 2. The van der Waals surface area contributed by atoms with E-state index in [4.69, 9.17) is 0 Å². The van der Waals surface area contributed by atoms with Crippen molar-refractivity contribution in [1.29, 1.82) is 0 Å². The monoisotopic (exact) mass is 252 g/mol. The van der Waals surface area contributed by atoms with Crippen LogP contribution in [0.5, 0.6) is 0 Å². The van der Waals surface area contributed by atoms with Crippen molar-refractivity contribution in [1.82, 2.24) is 4.90 Å². The summed E-state index contributed by atoms with van der Waals surface area (Å²) in [5, 5.41) is 9.79. The van der Waals surface area contributed by atoms with E-state index in [9.17, 15) is 9.50 Å². The van der Waals surface area contributed by atoms with Crippen molar-refractivity contribution in [3.63, 3.8) is 0 Å². The molecule has 0 bridgehead atoms. The molecule has 4 heteroatoms. The summed E-state index contributed by atoms with van der Waals surface area (Å²) in [4.78, 5) is 4.54. The van der Waals surface area contributed by atoms with Crippen molar-refractivity contribution in [2.75, 3.05) is 31.6 Å². The summed E-state index contributed by atoms with van der Waals surface area (Å²) in [6.07, 6.45) is -0.650. The molecule has 1 aromatic rings. The molecule has 0 spiro atoms. The van der Waals surface area contributed by atoms with Gasteiger partial charge in [-0.3, -0.25) is 0 Å². The van der Waals surface area contributed by atoms with Gasteiger partial charge in [0.2, 0.25) is 0 Å². The average molecular weight is 252 g/mol. The molecule has 1 unspecified atom stereocenters. The van der Waals surface area contributed by atoms with Gasteiger partial charge in [-0.05, 0) is 39.1 Å². The fourth-order valence-electron chi connectivity index (χ4n) is 2.62. The largest absolute Gasteiger partial charge is 0.389 e. The Morgan fingerprint density at radius 1 is 1.39 bits per heavy atom. The zero-order chi connectivity index (χ0) is 13.3. The average Bonchev–Trinajstić information content (AvgIpc) is 2.29. The van der Waals surface area contributed by atoms with Gasteiger partial charge in [0.05, 0.1) is 6.10 Å². The third-order valence-electron chi connectivity index (χ3n) is 3.58. The number of halogens is 1. The smallest absolute Gasteiger partial charge is 0.123 e. The molecule has 0 radical (unpaired) electrons. The van der Waals surface area contributed by atoms with E-state index in [-0.39, 0.29) is 5.82 Å². The van der Waals surface area contributed by atoms with Crippen molar-refractivity contribution in [2.24, 2.45) is 0 Å². The summed E-state index contributed by atoms with van der Waals surface area (Å²) in [5.41, 5.74) is 1.62. The predicted molar refractivity (Wildman–Crippen MR) is 71.3 cm³/mol. The van der Waals surface area contributed by atoms with Crippen LogP contribution in [0.4, 0.5) is 10.1 Å². The van der Waals surface area contributed by atoms with Gasteiger partial charge in [-0.1, -0.05) is 0 Å². The Kier molecular flexibility index (Phi) is 3.88. The minimum Gasteiger partial charge on any atom is -0.389 e. The summed E-state index contributed by atoms with van der Waals surface area (Å²) in [6.45, 7) is 6.71.